The summed E-state index contributed by atoms with van der Waals surface area (Å²) in [5.41, 5.74) is 3.64. The van der Waals surface area contributed by atoms with Gasteiger partial charge in [-0.05, 0) is 61.1 Å². The van der Waals surface area contributed by atoms with E-state index in [1.54, 1.807) is 13.3 Å². The zero-order chi connectivity index (χ0) is 23.0. The molecule has 1 spiro atoms. The first-order valence-corrected chi connectivity index (χ1v) is 11.3. The maximum absolute atomic E-state index is 13.9. The molecule has 1 N–H and O–H groups in total. The van der Waals surface area contributed by atoms with Gasteiger partial charge >= 0.3 is 5.97 Å². The maximum Gasteiger partial charge on any atom is 0.311 e. The predicted octanol–water partition coefficient (Wildman–Crippen LogP) is 4.30. The van der Waals surface area contributed by atoms with Gasteiger partial charge in [-0.15, -0.1) is 0 Å². The van der Waals surface area contributed by atoms with Crippen molar-refractivity contribution in [1.82, 2.24) is 15.1 Å². The van der Waals surface area contributed by atoms with Crippen LogP contribution in [0.4, 0.5) is 0 Å². The molecule has 1 fully saturated rings. The summed E-state index contributed by atoms with van der Waals surface area (Å²) in [4.78, 5) is 28.9. The monoisotopic (exact) mass is 445 g/mol. The van der Waals surface area contributed by atoms with Crippen LogP contribution in [0.2, 0.25) is 0 Å². The number of ether oxygens (including phenoxy) is 2. The van der Waals surface area contributed by atoms with Crippen LogP contribution in [-0.2, 0) is 21.6 Å². The number of amides is 1. The highest BCUT2D eigenvalue weighted by Gasteiger charge is 2.59. The lowest BCUT2D eigenvalue weighted by molar-refractivity contribution is -0.152. The van der Waals surface area contributed by atoms with E-state index in [2.05, 4.69) is 10.2 Å². The van der Waals surface area contributed by atoms with E-state index < -0.39 is 11.5 Å². The lowest BCUT2D eigenvalue weighted by Crippen LogP contribution is -2.48. The number of fused-ring (bicyclic) bond motifs is 2. The van der Waals surface area contributed by atoms with Gasteiger partial charge in [0.15, 0.2) is 0 Å². The van der Waals surface area contributed by atoms with Gasteiger partial charge in [-0.1, -0.05) is 24.3 Å². The normalized spacial score (nSPS) is 21.5. The Bertz CT molecular complexity index is 1190. The number of esters is 1. The SMILES string of the molecule is CCOC(=O)C1CCCC12c1ccc(-c3cn[nH]c3)cc1C(=O)N2Cc1cccc(OC)c1. The Morgan fingerprint density at radius 2 is 2.12 bits per heavy atom. The molecule has 1 saturated carbocycles. The summed E-state index contributed by atoms with van der Waals surface area (Å²) in [6.45, 7) is 2.53. The number of hydrogen-bond acceptors (Lipinski definition) is 5. The van der Waals surface area contributed by atoms with Crippen molar-refractivity contribution in [3.8, 4) is 16.9 Å². The molecule has 1 aliphatic carbocycles. The van der Waals surface area contributed by atoms with E-state index in [0.717, 1.165) is 40.8 Å². The van der Waals surface area contributed by atoms with Crippen LogP contribution >= 0.6 is 0 Å². The Balaban J connectivity index is 1.63. The van der Waals surface area contributed by atoms with Crippen LogP contribution in [-0.4, -0.2) is 40.7 Å². The van der Waals surface area contributed by atoms with E-state index in [4.69, 9.17) is 9.47 Å². The molecule has 3 aromatic rings. The number of aromatic nitrogens is 2. The van der Waals surface area contributed by atoms with Crippen LogP contribution < -0.4 is 4.74 Å². The summed E-state index contributed by atoms with van der Waals surface area (Å²) in [6.07, 6.45) is 5.83. The van der Waals surface area contributed by atoms with Crippen molar-refractivity contribution in [2.45, 2.75) is 38.3 Å². The first-order valence-electron chi connectivity index (χ1n) is 11.3. The molecular weight excluding hydrogens is 418 g/mol. The molecule has 0 saturated heterocycles. The number of aromatic amines is 1. The number of H-pyrrole nitrogens is 1. The number of nitrogens with zero attached hydrogens (tertiary/aromatic N) is 2. The number of carbonyl (C=O) groups excluding carboxylic acids is 2. The van der Waals surface area contributed by atoms with Crippen molar-refractivity contribution in [3.63, 3.8) is 0 Å². The molecule has 2 aromatic carbocycles. The van der Waals surface area contributed by atoms with Crippen LogP contribution in [0.3, 0.4) is 0 Å². The highest BCUT2D eigenvalue weighted by Crippen LogP contribution is 2.54. The third kappa shape index (κ3) is 3.39. The van der Waals surface area contributed by atoms with Crippen molar-refractivity contribution < 1.29 is 19.1 Å². The second kappa shape index (κ2) is 8.39. The first kappa shape index (κ1) is 21.2. The van der Waals surface area contributed by atoms with Gasteiger partial charge in [0.2, 0.25) is 0 Å². The smallest absolute Gasteiger partial charge is 0.311 e. The minimum Gasteiger partial charge on any atom is -0.497 e. The van der Waals surface area contributed by atoms with Gasteiger partial charge in [0.1, 0.15) is 5.75 Å². The summed E-state index contributed by atoms with van der Waals surface area (Å²) in [7, 11) is 1.63. The third-order valence-corrected chi connectivity index (χ3v) is 6.95. The lowest BCUT2D eigenvalue weighted by atomic mass is 9.79. The molecule has 7 heteroatoms. The molecule has 7 nitrogen and oxygen atoms in total. The fraction of sp³-hybridized carbons (Fsp3) is 0.346. The molecule has 2 aliphatic rings. The molecule has 0 bridgehead atoms. The molecule has 2 unspecified atom stereocenters. The quantitative estimate of drug-likeness (QED) is 0.572. The van der Waals surface area contributed by atoms with E-state index in [-0.39, 0.29) is 11.9 Å². The van der Waals surface area contributed by atoms with Gasteiger partial charge in [0.05, 0.1) is 31.4 Å². The first-order chi connectivity index (χ1) is 16.1. The summed E-state index contributed by atoms with van der Waals surface area (Å²) >= 11 is 0. The van der Waals surface area contributed by atoms with Crippen LogP contribution in [0, 0.1) is 5.92 Å². The Hall–Kier alpha value is -3.61. The molecule has 1 amide bonds. The summed E-state index contributed by atoms with van der Waals surface area (Å²) < 4.78 is 10.9. The van der Waals surface area contributed by atoms with Gasteiger partial charge in [0.25, 0.3) is 5.91 Å². The van der Waals surface area contributed by atoms with Gasteiger partial charge in [0, 0.05) is 23.9 Å². The maximum atomic E-state index is 13.9. The van der Waals surface area contributed by atoms with Crippen molar-refractivity contribution in [2.24, 2.45) is 5.92 Å². The zero-order valence-corrected chi connectivity index (χ0v) is 18.8. The van der Waals surface area contributed by atoms with Crippen LogP contribution in [0.15, 0.2) is 54.9 Å². The van der Waals surface area contributed by atoms with E-state index in [1.807, 2.05) is 60.5 Å². The van der Waals surface area contributed by atoms with Crippen LogP contribution in [0.5, 0.6) is 5.75 Å². The molecule has 0 radical (unpaired) electrons. The van der Waals surface area contributed by atoms with Crippen LogP contribution in [0.25, 0.3) is 11.1 Å². The Labute approximate surface area is 192 Å². The fourth-order valence-electron chi connectivity index (χ4n) is 5.52. The molecule has 1 aromatic heterocycles. The second-order valence-corrected chi connectivity index (χ2v) is 8.61. The number of benzene rings is 2. The molecule has 170 valence electrons. The third-order valence-electron chi connectivity index (χ3n) is 6.95. The minimum absolute atomic E-state index is 0.0608. The van der Waals surface area contributed by atoms with Gasteiger partial charge in [-0.2, -0.15) is 5.10 Å². The van der Waals surface area contributed by atoms with E-state index in [9.17, 15) is 9.59 Å². The van der Waals surface area contributed by atoms with Crippen molar-refractivity contribution >= 4 is 11.9 Å². The average molecular weight is 446 g/mol. The molecular formula is C26H27N3O4. The summed E-state index contributed by atoms with van der Waals surface area (Å²) in [6, 6.07) is 13.7. The lowest BCUT2D eigenvalue weighted by Gasteiger charge is -2.40. The van der Waals surface area contributed by atoms with Gasteiger partial charge in [-0.3, -0.25) is 14.7 Å². The highest BCUT2D eigenvalue weighted by molar-refractivity contribution is 6.02. The number of methoxy groups -OCH3 is 1. The molecule has 33 heavy (non-hydrogen) atoms. The largest absolute Gasteiger partial charge is 0.497 e. The summed E-state index contributed by atoms with van der Waals surface area (Å²) in [5, 5.41) is 6.86. The standard InChI is InChI=1S/C26H27N3O4/c1-3-33-25(31)23-8-5-11-26(23)22-10-9-18(19-14-27-28-15-19)13-21(22)24(30)29(26)16-17-6-4-7-20(12-17)32-2/h4,6-7,9-10,12-15,23H,3,5,8,11,16H2,1-2H3,(H,27,28). The molecule has 1 aliphatic heterocycles. The van der Waals surface area contributed by atoms with Crippen molar-refractivity contribution in [3.05, 3.63) is 71.5 Å². The van der Waals surface area contributed by atoms with E-state index >= 15 is 0 Å². The zero-order valence-electron chi connectivity index (χ0n) is 18.8. The van der Waals surface area contributed by atoms with E-state index in [0.29, 0.717) is 25.1 Å². The molecule has 2 atom stereocenters. The predicted molar refractivity (Wildman–Crippen MR) is 123 cm³/mol. The Kier molecular flexibility index (Phi) is 5.40. The minimum atomic E-state index is -0.712. The fourth-order valence-corrected chi connectivity index (χ4v) is 5.52. The van der Waals surface area contributed by atoms with E-state index in [1.165, 1.54) is 0 Å². The number of nitrogens with one attached hydrogen (secondary N) is 1. The molecule has 5 rings (SSSR count). The van der Waals surface area contributed by atoms with Gasteiger partial charge < -0.3 is 14.4 Å². The number of hydrogen-bond donors (Lipinski definition) is 1. The van der Waals surface area contributed by atoms with Gasteiger partial charge in [-0.25, -0.2) is 0 Å². The van der Waals surface area contributed by atoms with Crippen molar-refractivity contribution in [1.29, 1.82) is 0 Å². The average Bonchev–Trinajstić information content (AvgIpc) is 3.57. The number of carbonyl (C=O) groups is 2. The Morgan fingerprint density at radius 1 is 1.24 bits per heavy atom. The molecule has 2 heterocycles. The highest BCUT2D eigenvalue weighted by atomic mass is 16.5. The Morgan fingerprint density at radius 3 is 2.88 bits per heavy atom. The van der Waals surface area contributed by atoms with Crippen molar-refractivity contribution in [2.75, 3.05) is 13.7 Å². The number of rotatable bonds is 6. The van der Waals surface area contributed by atoms with Crippen LogP contribution in [0.1, 0.15) is 47.7 Å². The topological polar surface area (TPSA) is 84.5 Å². The summed E-state index contributed by atoms with van der Waals surface area (Å²) in [5.74, 6) is 0.0499. The second-order valence-electron chi connectivity index (χ2n) is 8.61.